The van der Waals surface area contributed by atoms with Gasteiger partial charge in [0.15, 0.2) is 0 Å². The molecule has 3 heterocycles. The Balaban J connectivity index is 1.63. The van der Waals surface area contributed by atoms with Gasteiger partial charge in [-0.25, -0.2) is 0 Å². The van der Waals surface area contributed by atoms with E-state index in [0.29, 0.717) is 6.61 Å². The Kier molecular flexibility index (Phi) is 6.04. The fraction of sp³-hybridized carbons (Fsp3) is 0.684. The van der Waals surface area contributed by atoms with Gasteiger partial charge in [0.2, 0.25) is 5.91 Å². The molecule has 2 fully saturated rings. The van der Waals surface area contributed by atoms with Crippen LogP contribution in [-0.4, -0.2) is 73.8 Å². The molecular weight excluding hydrogens is 318 g/mol. The minimum atomic E-state index is -0.00863. The molecule has 2 atom stereocenters. The minimum Gasteiger partial charge on any atom is -0.377 e. The van der Waals surface area contributed by atoms with Gasteiger partial charge in [-0.05, 0) is 30.9 Å². The number of likely N-dealkylation sites (N-methyl/N-ethyl adjacent to an activating group) is 1. The summed E-state index contributed by atoms with van der Waals surface area (Å²) in [6.45, 7) is 4.44. The van der Waals surface area contributed by atoms with Gasteiger partial charge in [-0.1, -0.05) is 6.07 Å². The average molecular weight is 347 g/mol. The Morgan fingerprint density at radius 3 is 3.16 bits per heavy atom. The van der Waals surface area contributed by atoms with Crippen LogP contribution in [0.2, 0.25) is 0 Å². The molecule has 138 valence electrons. The highest BCUT2D eigenvalue weighted by Gasteiger charge is 2.46. The molecule has 3 rings (SSSR count). The van der Waals surface area contributed by atoms with E-state index in [2.05, 4.69) is 16.0 Å². The van der Waals surface area contributed by atoms with E-state index in [0.717, 1.165) is 45.5 Å². The van der Waals surface area contributed by atoms with Crippen LogP contribution < -0.4 is 0 Å². The average Bonchev–Trinajstić information content (AvgIpc) is 2.62. The number of carbonyl (C=O) groups is 1. The van der Waals surface area contributed by atoms with Crippen LogP contribution in [0, 0.1) is 5.41 Å². The topological polar surface area (TPSA) is 54.9 Å². The fourth-order valence-corrected chi connectivity index (χ4v) is 3.95. The maximum atomic E-state index is 11.8. The Morgan fingerprint density at radius 2 is 2.40 bits per heavy atom. The van der Waals surface area contributed by atoms with Gasteiger partial charge in [0.05, 0.1) is 12.7 Å². The normalized spacial score (nSPS) is 26.9. The number of amides is 1. The number of nitrogens with zero attached hydrogens (tertiary/aromatic N) is 3. The quantitative estimate of drug-likeness (QED) is 0.782. The van der Waals surface area contributed by atoms with Gasteiger partial charge < -0.3 is 14.4 Å². The Morgan fingerprint density at radius 1 is 1.52 bits per heavy atom. The summed E-state index contributed by atoms with van der Waals surface area (Å²) in [5, 5.41) is 0. The van der Waals surface area contributed by atoms with Crippen LogP contribution in [0.15, 0.2) is 24.5 Å². The molecule has 0 bridgehead atoms. The van der Waals surface area contributed by atoms with Crippen molar-refractivity contribution in [2.75, 3.05) is 47.0 Å². The van der Waals surface area contributed by atoms with E-state index in [9.17, 15) is 4.79 Å². The molecule has 2 saturated heterocycles. The van der Waals surface area contributed by atoms with Crippen molar-refractivity contribution in [3.8, 4) is 0 Å². The van der Waals surface area contributed by atoms with Crippen molar-refractivity contribution >= 4 is 5.91 Å². The van der Waals surface area contributed by atoms with Crippen LogP contribution in [0.4, 0.5) is 0 Å². The molecule has 2 aliphatic rings. The van der Waals surface area contributed by atoms with Crippen molar-refractivity contribution in [3.05, 3.63) is 30.1 Å². The molecule has 0 unspecified atom stereocenters. The number of aromatic nitrogens is 1. The predicted octanol–water partition coefficient (Wildman–Crippen LogP) is 1.56. The lowest BCUT2D eigenvalue weighted by Crippen LogP contribution is -2.56. The van der Waals surface area contributed by atoms with Crippen LogP contribution in [-0.2, 0) is 20.8 Å². The number of fused-ring (bicyclic) bond motifs is 1. The summed E-state index contributed by atoms with van der Waals surface area (Å²) in [5.41, 5.74) is 1.22. The smallest absolute Gasteiger partial charge is 0.248 e. The molecule has 1 amide bonds. The number of likely N-dealkylation sites (tertiary alicyclic amines) is 1. The lowest BCUT2D eigenvalue weighted by atomic mass is 9.73. The van der Waals surface area contributed by atoms with E-state index in [-0.39, 0.29) is 24.0 Å². The van der Waals surface area contributed by atoms with Gasteiger partial charge in [-0.2, -0.15) is 0 Å². The highest BCUT2D eigenvalue weighted by atomic mass is 16.5. The number of hydrogen-bond acceptors (Lipinski definition) is 5. The largest absolute Gasteiger partial charge is 0.377 e. The third-order valence-electron chi connectivity index (χ3n) is 5.31. The van der Waals surface area contributed by atoms with Crippen molar-refractivity contribution in [2.45, 2.75) is 31.9 Å². The summed E-state index contributed by atoms with van der Waals surface area (Å²) in [4.78, 5) is 20.1. The van der Waals surface area contributed by atoms with E-state index in [1.54, 1.807) is 19.0 Å². The maximum Gasteiger partial charge on any atom is 0.248 e. The highest BCUT2D eigenvalue weighted by molar-refractivity contribution is 5.76. The first-order valence-corrected chi connectivity index (χ1v) is 9.10. The summed E-state index contributed by atoms with van der Waals surface area (Å²) in [6.07, 6.45) is 7.15. The Hall–Kier alpha value is -1.50. The van der Waals surface area contributed by atoms with Crippen molar-refractivity contribution < 1.29 is 14.3 Å². The third-order valence-corrected chi connectivity index (χ3v) is 5.31. The van der Waals surface area contributed by atoms with Crippen LogP contribution in [0.25, 0.3) is 0 Å². The SMILES string of the molecule is CN(C)C(=O)COC[C@@]12CCCO[C@H]1CCN(Cc1cccnc1)C2. The standard InChI is InChI=1S/C19H29N3O3/c1-21(2)18(23)13-24-15-19-7-4-10-25-17(19)6-9-22(14-19)12-16-5-3-8-20-11-16/h3,5,8,11,17H,4,6-7,9-10,12-15H2,1-2H3/t17-,19-/m0/s1. The van der Waals surface area contributed by atoms with E-state index >= 15 is 0 Å². The number of piperidine rings is 1. The van der Waals surface area contributed by atoms with E-state index in [1.807, 2.05) is 18.5 Å². The zero-order valence-corrected chi connectivity index (χ0v) is 15.3. The molecule has 0 N–H and O–H groups in total. The maximum absolute atomic E-state index is 11.8. The molecule has 1 aromatic rings. The second kappa shape index (κ2) is 8.25. The molecule has 0 spiro atoms. The van der Waals surface area contributed by atoms with E-state index < -0.39 is 0 Å². The molecule has 6 heteroatoms. The third kappa shape index (κ3) is 4.57. The number of pyridine rings is 1. The van der Waals surface area contributed by atoms with Gasteiger partial charge in [-0.15, -0.1) is 0 Å². The van der Waals surface area contributed by atoms with Crippen molar-refractivity contribution in [2.24, 2.45) is 5.41 Å². The molecule has 1 aromatic heterocycles. The van der Waals surface area contributed by atoms with Gasteiger partial charge in [0.1, 0.15) is 6.61 Å². The van der Waals surface area contributed by atoms with Gasteiger partial charge in [0, 0.05) is 58.1 Å². The van der Waals surface area contributed by atoms with Crippen molar-refractivity contribution in [1.29, 1.82) is 0 Å². The first-order valence-electron chi connectivity index (χ1n) is 9.10. The van der Waals surface area contributed by atoms with Crippen molar-refractivity contribution in [1.82, 2.24) is 14.8 Å². The molecule has 6 nitrogen and oxygen atoms in total. The second-order valence-corrected chi connectivity index (χ2v) is 7.47. The highest BCUT2D eigenvalue weighted by Crippen LogP contribution is 2.40. The number of carbonyl (C=O) groups excluding carboxylic acids is 1. The van der Waals surface area contributed by atoms with Gasteiger partial charge in [0.25, 0.3) is 0 Å². The monoisotopic (exact) mass is 347 g/mol. The fourth-order valence-electron chi connectivity index (χ4n) is 3.95. The molecule has 0 radical (unpaired) electrons. The first-order chi connectivity index (χ1) is 12.1. The molecule has 2 aliphatic heterocycles. The summed E-state index contributed by atoms with van der Waals surface area (Å²) >= 11 is 0. The molecular formula is C19H29N3O3. The number of ether oxygens (including phenoxy) is 2. The molecule has 25 heavy (non-hydrogen) atoms. The van der Waals surface area contributed by atoms with Crippen LogP contribution in [0.3, 0.4) is 0 Å². The zero-order valence-electron chi connectivity index (χ0n) is 15.3. The second-order valence-electron chi connectivity index (χ2n) is 7.47. The van der Waals surface area contributed by atoms with Crippen LogP contribution in [0.5, 0.6) is 0 Å². The summed E-state index contributed by atoms with van der Waals surface area (Å²) in [6, 6.07) is 4.10. The minimum absolute atomic E-state index is 0.00713. The number of hydrogen-bond donors (Lipinski definition) is 0. The predicted molar refractivity (Wildman–Crippen MR) is 95.1 cm³/mol. The van der Waals surface area contributed by atoms with Gasteiger partial charge >= 0.3 is 0 Å². The number of rotatable bonds is 6. The lowest BCUT2D eigenvalue weighted by molar-refractivity contribution is -0.160. The summed E-state index contributed by atoms with van der Waals surface area (Å²) < 4.78 is 11.9. The molecule has 0 aromatic carbocycles. The molecule has 0 aliphatic carbocycles. The lowest BCUT2D eigenvalue weighted by Gasteiger charge is -2.50. The summed E-state index contributed by atoms with van der Waals surface area (Å²) in [5.74, 6) is 0.00713. The Labute approximate surface area is 150 Å². The molecule has 0 saturated carbocycles. The van der Waals surface area contributed by atoms with Gasteiger partial charge in [-0.3, -0.25) is 14.7 Å². The Bertz CT molecular complexity index is 566. The van der Waals surface area contributed by atoms with E-state index in [4.69, 9.17) is 9.47 Å². The van der Waals surface area contributed by atoms with Crippen molar-refractivity contribution in [3.63, 3.8) is 0 Å². The van der Waals surface area contributed by atoms with Crippen LogP contribution in [0.1, 0.15) is 24.8 Å². The summed E-state index contributed by atoms with van der Waals surface area (Å²) in [7, 11) is 3.51. The first kappa shape index (κ1) is 18.3. The zero-order chi connectivity index (χ0) is 17.7. The van der Waals surface area contributed by atoms with E-state index in [1.165, 1.54) is 5.56 Å². The van der Waals surface area contributed by atoms with Crippen LogP contribution >= 0.6 is 0 Å².